The molecule has 0 fully saturated rings. The molecule has 0 aromatic heterocycles. The topological polar surface area (TPSA) is 220 Å². The third-order valence-electron chi connectivity index (χ3n) is 4.04. The van der Waals surface area contributed by atoms with Crippen LogP contribution in [0.25, 0.3) is 0 Å². The first kappa shape index (κ1) is 41.6. The Bertz CT molecular complexity index is 976. The van der Waals surface area contributed by atoms with Crippen LogP contribution in [0.1, 0.15) is 13.8 Å². The first-order chi connectivity index (χ1) is 19.1. The number of nitrogens with zero attached hydrogens (tertiary/aromatic N) is 2. The second kappa shape index (κ2) is 25.2. The summed E-state index contributed by atoms with van der Waals surface area (Å²) in [6.45, 7) is 3.66. The number of carboxylic acids is 2. The van der Waals surface area contributed by atoms with Gasteiger partial charge >= 0.3 is 35.8 Å². The summed E-state index contributed by atoms with van der Waals surface area (Å²) >= 11 is 0. The van der Waals surface area contributed by atoms with E-state index in [2.05, 4.69) is 14.2 Å². The lowest BCUT2D eigenvalue weighted by atomic mass is 10.4. The van der Waals surface area contributed by atoms with Gasteiger partial charge in [0.05, 0.1) is 33.1 Å². The summed E-state index contributed by atoms with van der Waals surface area (Å²) in [7, 11) is 1.08. The molecule has 0 spiro atoms. The third-order valence-corrected chi connectivity index (χ3v) is 4.97. The van der Waals surface area contributed by atoms with E-state index in [0.29, 0.717) is 13.1 Å². The zero-order chi connectivity index (χ0) is 32.4. The number of rotatable bonds is 17. The molecule has 0 aliphatic carbocycles. The van der Waals surface area contributed by atoms with Crippen molar-refractivity contribution in [3.63, 3.8) is 0 Å². The van der Waals surface area contributed by atoms with Gasteiger partial charge in [0.15, 0.2) is 0 Å². The molecule has 0 rings (SSSR count). The minimum absolute atomic E-state index is 0.0552. The van der Waals surface area contributed by atoms with E-state index in [-0.39, 0.29) is 25.5 Å². The SMILES string of the molecule is CC.COC(=O)/C=C/C(=O)OCCN(C)CCS(C)(=O)=O.COC(=O)/C=C/C(=O)OCCN(CC(=O)O)CC(=O)O. The molecule has 17 heteroatoms. The molecule has 0 saturated heterocycles. The smallest absolute Gasteiger partial charge is 0.331 e. The van der Waals surface area contributed by atoms with Gasteiger partial charge in [-0.1, -0.05) is 13.8 Å². The van der Waals surface area contributed by atoms with Gasteiger partial charge < -0.3 is 34.1 Å². The van der Waals surface area contributed by atoms with Gasteiger partial charge in [-0.05, 0) is 7.05 Å². The molecular weight excluding hydrogens is 572 g/mol. The molecule has 0 aliphatic rings. The lowest BCUT2D eigenvalue weighted by Gasteiger charge is -2.17. The molecule has 0 amide bonds. The maximum Gasteiger partial charge on any atom is 0.331 e. The van der Waals surface area contributed by atoms with Crippen LogP contribution in [0.2, 0.25) is 0 Å². The van der Waals surface area contributed by atoms with E-state index in [1.165, 1.54) is 13.4 Å². The second-order valence-electron chi connectivity index (χ2n) is 7.48. The van der Waals surface area contributed by atoms with Crippen molar-refractivity contribution in [2.45, 2.75) is 13.8 Å². The standard InChI is InChI=1S/C11H15NO8.C11H19NO6S.C2H6/c1-19-10(17)2-3-11(18)20-5-4-12(6-8(13)14)7-9(15)16;1-12(7-9-19(3,15)16)6-8-18-11(14)5-4-10(13)17-2;1-2/h2-3H,4-7H2,1H3,(H,13,14)(H,15,16);4-5H,6-9H2,1-3H3;1-2H3/b3-2+;5-4+;. The maximum absolute atomic E-state index is 11.1. The molecule has 236 valence electrons. The van der Waals surface area contributed by atoms with E-state index < -0.39 is 58.7 Å². The number of sulfone groups is 1. The Morgan fingerprint density at radius 1 is 0.683 bits per heavy atom. The van der Waals surface area contributed by atoms with Crippen LogP contribution in [-0.2, 0) is 57.6 Å². The highest BCUT2D eigenvalue weighted by Gasteiger charge is 2.13. The van der Waals surface area contributed by atoms with Gasteiger partial charge in [0.25, 0.3) is 0 Å². The summed E-state index contributed by atoms with van der Waals surface area (Å²) in [4.78, 5) is 67.4. The zero-order valence-electron chi connectivity index (χ0n) is 24.1. The van der Waals surface area contributed by atoms with Crippen molar-refractivity contribution in [2.75, 3.05) is 79.2 Å². The molecule has 0 atom stereocenters. The van der Waals surface area contributed by atoms with Crippen molar-refractivity contribution in [1.29, 1.82) is 0 Å². The average Bonchev–Trinajstić information content (AvgIpc) is 2.89. The van der Waals surface area contributed by atoms with E-state index in [4.69, 9.17) is 14.9 Å². The van der Waals surface area contributed by atoms with Crippen molar-refractivity contribution in [2.24, 2.45) is 0 Å². The van der Waals surface area contributed by atoms with Crippen LogP contribution < -0.4 is 0 Å². The van der Waals surface area contributed by atoms with E-state index in [1.54, 1.807) is 11.9 Å². The molecule has 0 aliphatic heterocycles. The molecule has 41 heavy (non-hydrogen) atoms. The van der Waals surface area contributed by atoms with Crippen molar-refractivity contribution < 1.29 is 66.3 Å². The first-order valence-corrected chi connectivity index (χ1v) is 14.0. The van der Waals surface area contributed by atoms with Gasteiger partial charge in [-0.15, -0.1) is 0 Å². The summed E-state index contributed by atoms with van der Waals surface area (Å²) in [5.41, 5.74) is 0. The molecule has 2 N–H and O–H groups in total. The number of likely N-dealkylation sites (N-methyl/N-ethyl adjacent to an activating group) is 1. The lowest BCUT2D eigenvalue weighted by molar-refractivity contribution is -0.143. The lowest BCUT2D eigenvalue weighted by Crippen LogP contribution is -2.37. The largest absolute Gasteiger partial charge is 0.480 e. The van der Waals surface area contributed by atoms with E-state index in [0.717, 1.165) is 36.3 Å². The molecular formula is C24H40N2O14S. The quantitative estimate of drug-likeness (QED) is 0.114. The van der Waals surface area contributed by atoms with Crippen LogP contribution in [0.4, 0.5) is 0 Å². The Balaban J connectivity index is -0.000000664. The number of hydrogen-bond donors (Lipinski definition) is 2. The van der Waals surface area contributed by atoms with Gasteiger partial charge in [0, 0.05) is 50.2 Å². The number of methoxy groups -OCH3 is 2. The zero-order valence-corrected chi connectivity index (χ0v) is 24.9. The molecule has 16 nitrogen and oxygen atoms in total. The number of hydrogen-bond acceptors (Lipinski definition) is 14. The number of carbonyl (C=O) groups excluding carboxylic acids is 4. The fraction of sp³-hybridized carbons (Fsp3) is 0.583. The minimum Gasteiger partial charge on any atom is -0.480 e. The van der Waals surface area contributed by atoms with E-state index in [9.17, 15) is 37.2 Å². The van der Waals surface area contributed by atoms with Gasteiger partial charge in [-0.3, -0.25) is 14.5 Å². The Morgan fingerprint density at radius 2 is 1.05 bits per heavy atom. The minimum atomic E-state index is -2.99. The Labute approximate surface area is 239 Å². The van der Waals surface area contributed by atoms with Crippen molar-refractivity contribution in [1.82, 2.24) is 9.80 Å². The summed E-state index contributed by atoms with van der Waals surface area (Å²) < 4.78 is 39.9. The second-order valence-corrected chi connectivity index (χ2v) is 9.74. The predicted octanol–water partition coefficient (Wildman–Crippen LogP) is -1.01. The van der Waals surface area contributed by atoms with Crippen LogP contribution in [0.3, 0.4) is 0 Å². The number of carboxylic acid groups (broad SMARTS) is 2. The van der Waals surface area contributed by atoms with Crippen LogP contribution in [0.5, 0.6) is 0 Å². The number of carbonyl (C=O) groups is 6. The van der Waals surface area contributed by atoms with Crippen LogP contribution in [0, 0.1) is 0 Å². The highest BCUT2D eigenvalue weighted by Crippen LogP contribution is 1.92. The molecule has 0 aromatic carbocycles. The fourth-order valence-electron chi connectivity index (χ4n) is 2.11. The first-order valence-electron chi connectivity index (χ1n) is 12.0. The summed E-state index contributed by atoms with van der Waals surface area (Å²) in [6, 6.07) is 0. The van der Waals surface area contributed by atoms with E-state index >= 15 is 0 Å². The number of ether oxygens (including phenoxy) is 4. The van der Waals surface area contributed by atoms with Gasteiger partial charge in [0.1, 0.15) is 23.1 Å². The number of aliphatic carboxylic acids is 2. The summed E-state index contributed by atoms with van der Waals surface area (Å²) in [5, 5.41) is 17.1. The Kier molecular flexibility index (Phi) is 25.6. The van der Waals surface area contributed by atoms with Crippen molar-refractivity contribution in [3.05, 3.63) is 24.3 Å². The molecule has 0 aromatic rings. The number of esters is 4. The third kappa shape index (κ3) is 32.3. The molecule has 0 radical (unpaired) electrons. The Hall–Kier alpha value is -3.83. The molecule has 0 saturated carbocycles. The maximum atomic E-state index is 11.1. The monoisotopic (exact) mass is 612 g/mol. The van der Waals surface area contributed by atoms with Crippen LogP contribution in [-0.4, -0.2) is 143 Å². The summed E-state index contributed by atoms with van der Waals surface area (Å²) in [5.74, 6) is -5.16. The van der Waals surface area contributed by atoms with Crippen LogP contribution >= 0.6 is 0 Å². The molecule has 0 bridgehead atoms. The summed E-state index contributed by atoms with van der Waals surface area (Å²) in [6.07, 6.45) is 4.83. The van der Waals surface area contributed by atoms with Gasteiger partial charge in [0.2, 0.25) is 0 Å². The molecule has 0 heterocycles. The van der Waals surface area contributed by atoms with Crippen LogP contribution in [0.15, 0.2) is 24.3 Å². The van der Waals surface area contributed by atoms with Crippen molar-refractivity contribution in [3.8, 4) is 0 Å². The highest BCUT2D eigenvalue weighted by atomic mass is 32.2. The van der Waals surface area contributed by atoms with E-state index in [1.807, 2.05) is 13.8 Å². The fourth-order valence-corrected chi connectivity index (χ4v) is 2.76. The Morgan fingerprint density at radius 3 is 1.39 bits per heavy atom. The van der Waals surface area contributed by atoms with Crippen molar-refractivity contribution >= 4 is 45.7 Å². The van der Waals surface area contributed by atoms with Gasteiger partial charge in [-0.2, -0.15) is 0 Å². The predicted molar refractivity (Wildman–Crippen MR) is 144 cm³/mol. The highest BCUT2D eigenvalue weighted by molar-refractivity contribution is 7.90. The molecule has 0 unspecified atom stereocenters. The normalized spacial score (nSPS) is 10.7. The van der Waals surface area contributed by atoms with Gasteiger partial charge in [-0.25, -0.2) is 27.6 Å². The average molecular weight is 613 g/mol.